The molecule has 3 rings (SSSR count). The van der Waals surface area contributed by atoms with Crippen LogP contribution in [0.15, 0.2) is 24.5 Å². The Labute approximate surface area is 144 Å². The van der Waals surface area contributed by atoms with Gasteiger partial charge < -0.3 is 4.74 Å². The first kappa shape index (κ1) is 14.8. The molecule has 0 aliphatic carbocycles. The third-order valence-electron chi connectivity index (χ3n) is 2.93. The standard InChI is InChI=1S/C13H9Cl2IN4O/c1-6(11-7(14)4-17-5-8(11)15)21-10-3-2-9-12(18-10)13(16)20-19-9/h2-6H,1H3,(H,19,20)/t6-/m1/s1. The minimum Gasteiger partial charge on any atom is -0.470 e. The maximum absolute atomic E-state index is 6.13. The van der Waals surface area contributed by atoms with Gasteiger partial charge in [-0.3, -0.25) is 10.1 Å². The number of rotatable bonds is 3. The molecule has 21 heavy (non-hydrogen) atoms. The summed E-state index contributed by atoms with van der Waals surface area (Å²) >= 11 is 14.4. The number of pyridine rings is 2. The summed E-state index contributed by atoms with van der Waals surface area (Å²) in [7, 11) is 0. The predicted molar refractivity (Wildman–Crippen MR) is 89.9 cm³/mol. The van der Waals surface area contributed by atoms with Crippen LogP contribution in [0.25, 0.3) is 11.0 Å². The number of nitrogens with zero attached hydrogens (tertiary/aromatic N) is 3. The molecule has 3 aromatic rings. The highest BCUT2D eigenvalue weighted by Gasteiger charge is 2.17. The molecule has 0 bridgehead atoms. The number of aromatic nitrogens is 4. The summed E-state index contributed by atoms with van der Waals surface area (Å²) in [5.41, 5.74) is 2.32. The molecule has 3 aromatic heterocycles. The fourth-order valence-corrected chi connectivity index (χ4v) is 3.17. The van der Waals surface area contributed by atoms with Gasteiger partial charge >= 0.3 is 0 Å². The topological polar surface area (TPSA) is 63.7 Å². The van der Waals surface area contributed by atoms with Crippen LogP contribution in [-0.4, -0.2) is 20.2 Å². The van der Waals surface area contributed by atoms with Crippen LogP contribution >= 0.6 is 45.8 Å². The van der Waals surface area contributed by atoms with Crippen LogP contribution in [0.2, 0.25) is 10.0 Å². The van der Waals surface area contributed by atoms with Crippen LogP contribution in [0.1, 0.15) is 18.6 Å². The van der Waals surface area contributed by atoms with E-state index >= 15 is 0 Å². The maximum atomic E-state index is 6.13. The van der Waals surface area contributed by atoms with E-state index in [4.69, 9.17) is 27.9 Å². The van der Waals surface area contributed by atoms with Crippen molar-refractivity contribution in [2.45, 2.75) is 13.0 Å². The second-order valence-electron chi connectivity index (χ2n) is 4.34. The molecule has 0 radical (unpaired) electrons. The Kier molecular flexibility index (Phi) is 4.19. The molecule has 0 aliphatic rings. The second kappa shape index (κ2) is 5.94. The zero-order valence-electron chi connectivity index (χ0n) is 10.8. The Hall–Kier alpha value is -1.12. The lowest BCUT2D eigenvalue weighted by molar-refractivity contribution is 0.218. The van der Waals surface area contributed by atoms with Gasteiger partial charge in [-0.1, -0.05) is 23.2 Å². The zero-order chi connectivity index (χ0) is 15.0. The van der Waals surface area contributed by atoms with Crippen molar-refractivity contribution in [1.82, 2.24) is 20.2 Å². The summed E-state index contributed by atoms with van der Waals surface area (Å²) in [5.74, 6) is 0.485. The van der Waals surface area contributed by atoms with E-state index in [9.17, 15) is 0 Å². The summed E-state index contributed by atoms with van der Waals surface area (Å²) in [5, 5.41) is 7.92. The summed E-state index contributed by atoms with van der Waals surface area (Å²) in [6, 6.07) is 3.64. The number of halogens is 3. The molecule has 0 spiro atoms. The first-order valence-corrected chi connectivity index (χ1v) is 7.86. The van der Waals surface area contributed by atoms with Gasteiger partial charge in [-0.05, 0) is 35.6 Å². The molecule has 0 amide bonds. The van der Waals surface area contributed by atoms with E-state index in [0.29, 0.717) is 21.5 Å². The molecule has 0 fully saturated rings. The number of aromatic amines is 1. The van der Waals surface area contributed by atoms with Gasteiger partial charge in [0.2, 0.25) is 5.88 Å². The number of hydrogen-bond acceptors (Lipinski definition) is 4. The molecule has 0 unspecified atom stereocenters. The van der Waals surface area contributed by atoms with Gasteiger partial charge in [0, 0.05) is 24.0 Å². The Morgan fingerprint density at radius 2 is 1.95 bits per heavy atom. The van der Waals surface area contributed by atoms with Gasteiger partial charge in [0.1, 0.15) is 15.3 Å². The number of nitrogens with one attached hydrogen (secondary N) is 1. The average Bonchev–Trinajstić information content (AvgIpc) is 2.80. The predicted octanol–water partition coefficient (Wildman–Crippen LogP) is 4.40. The molecule has 1 atom stereocenters. The highest BCUT2D eigenvalue weighted by molar-refractivity contribution is 14.1. The van der Waals surface area contributed by atoms with E-state index in [1.807, 2.05) is 13.0 Å². The van der Waals surface area contributed by atoms with E-state index < -0.39 is 0 Å². The van der Waals surface area contributed by atoms with Crippen LogP contribution in [0.3, 0.4) is 0 Å². The molecule has 5 nitrogen and oxygen atoms in total. The van der Waals surface area contributed by atoms with Crippen molar-refractivity contribution in [2.24, 2.45) is 0 Å². The third-order valence-corrected chi connectivity index (χ3v) is 4.29. The Balaban J connectivity index is 1.92. The monoisotopic (exact) mass is 434 g/mol. The maximum Gasteiger partial charge on any atom is 0.214 e. The zero-order valence-corrected chi connectivity index (χ0v) is 14.4. The minimum absolute atomic E-state index is 0.345. The van der Waals surface area contributed by atoms with Gasteiger partial charge in [-0.15, -0.1) is 0 Å². The Morgan fingerprint density at radius 1 is 1.24 bits per heavy atom. The quantitative estimate of drug-likeness (QED) is 0.620. The molecule has 0 saturated heterocycles. The lowest BCUT2D eigenvalue weighted by Crippen LogP contribution is -2.06. The fourth-order valence-electron chi connectivity index (χ4n) is 1.97. The molecule has 0 saturated carbocycles. The summed E-state index contributed by atoms with van der Waals surface area (Å²) in [6.07, 6.45) is 2.73. The average molecular weight is 435 g/mol. The van der Waals surface area contributed by atoms with Gasteiger partial charge in [0.25, 0.3) is 0 Å². The van der Waals surface area contributed by atoms with Gasteiger partial charge in [0.05, 0.1) is 15.6 Å². The molecule has 0 aliphatic heterocycles. The SMILES string of the molecule is C[C@@H](Oc1ccc2[nH]nc(I)c2n1)c1c(Cl)cncc1Cl. The molecular weight excluding hydrogens is 426 g/mol. The molecule has 1 N–H and O–H groups in total. The van der Waals surface area contributed by atoms with Crippen molar-refractivity contribution >= 4 is 56.8 Å². The van der Waals surface area contributed by atoms with Crippen molar-refractivity contribution in [3.05, 3.63) is 43.8 Å². The Morgan fingerprint density at radius 3 is 2.67 bits per heavy atom. The number of H-pyrrole nitrogens is 1. The van der Waals surface area contributed by atoms with E-state index in [2.05, 4.69) is 42.8 Å². The highest BCUT2D eigenvalue weighted by atomic mass is 127. The normalized spacial score (nSPS) is 12.6. The molecule has 108 valence electrons. The summed E-state index contributed by atoms with van der Waals surface area (Å²) in [6.45, 7) is 1.86. The molecular formula is C13H9Cl2IN4O. The number of fused-ring (bicyclic) bond motifs is 1. The van der Waals surface area contributed by atoms with Gasteiger partial charge in [-0.25, -0.2) is 4.98 Å². The number of ether oxygens (including phenoxy) is 1. The Bertz CT molecular complexity index is 788. The highest BCUT2D eigenvalue weighted by Crippen LogP contribution is 2.32. The lowest BCUT2D eigenvalue weighted by atomic mass is 10.2. The van der Waals surface area contributed by atoms with E-state index in [1.165, 1.54) is 12.4 Å². The molecule has 0 aromatic carbocycles. The first-order chi connectivity index (χ1) is 10.1. The van der Waals surface area contributed by atoms with Gasteiger partial charge in [0.15, 0.2) is 0 Å². The molecule has 3 heterocycles. The van der Waals surface area contributed by atoms with Crippen LogP contribution in [0, 0.1) is 3.70 Å². The number of hydrogen-bond donors (Lipinski definition) is 1. The van der Waals surface area contributed by atoms with Gasteiger partial charge in [-0.2, -0.15) is 5.10 Å². The lowest BCUT2D eigenvalue weighted by Gasteiger charge is -2.16. The molecule has 8 heteroatoms. The van der Waals surface area contributed by atoms with Crippen molar-refractivity contribution in [2.75, 3.05) is 0 Å². The van der Waals surface area contributed by atoms with Crippen LogP contribution < -0.4 is 4.74 Å². The fraction of sp³-hybridized carbons (Fsp3) is 0.154. The second-order valence-corrected chi connectivity index (χ2v) is 6.17. The first-order valence-electron chi connectivity index (χ1n) is 6.02. The van der Waals surface area contributed by atoms with Crippen molar-refractivity contribution in [1.29, 1.82) is 0 Å². The van der Waals surface area contributed by atoms with E-state index in [1.54, 1.807) is 6.07 Å². The van der Waals surface area contributed by atoms with Crippen LogP contribution in [0.5, 0.6) is 5.88 Å². The third kappa shape index (κ3) is 2.93. The summed E-state index contributed by atoms with van der Waals surface area (Å²) < 4.78 is 6.63. The van der Waals surface area contributed by atoms with Crippen molar-refractivity contribution < 1.29 is 4.74 Å². The smallest absolute Gasteiger partial charge is 0.214 e. The largest absolute Gasteiger partial charge is 0.470 e. The van der Waals surface area contributed by atoms with E-state index in [-0.39, 0.29) is 6.10 Å². The minimum atomic E-state index is -0.345. The van der Waals surface area contributed by atoms with Crippen molar-refractivity contribution in [3.63, 3.8) is 0 Å². The van der Waals surface area contributed by atoms with Crippen molar-refractivity contribution in [3.8, 4) is 5.88 Å². The summed E-state index contributed by atoms with van der Waals surface area (Å²) in [4.78, 5) is 8.37. The van der Waals surface area contributed by atoms with Crippen LogP contribution in [-0.2, 0) is 0 Å². The van der Waals surface area contributed by atoms with Crippen LogP contribution in [0.4, 0.5) is 0 Å². The van der Waals surface area contributed by atoms with E-state index in [0.717, 1.165) is 14.7 Å².